The molecular formula is C26H31FN5O8P. The topological polar surface area (TPSA) is 194 Å². The summed E-state index contributed by atoms with van der Waals surface area (Å²) >= 11 is 0. The number of nitrogens with zero attached hydrogens (tertiary/aromatic N) is 2. The molecule has 0 amide bonds. The van der Waals surface area contributed by atoms with Gasteiger partial charge in [-0.25, -0.2) is 8.96 Å². The maximum Gasteiger partial charge on any atom is 0.380 e. The number of carbonyl (C=O) groups excluding carboxylic acids is 1. The lowest BCUT2D eigenvalue weighted by Gasteiger charge is -2.28. The van der Waals surface area contributed by atoms with Gasteiger partial charge in [0.15, 0.2) is 23.2 Å². The molecular weight excluding hydrogens is 560 g/mol. The van der Waals surface area contributed by atoms with Crippen LogP contribution in [0.15, 0.2) is 41.3 Å². The van der Waals surface area contributed by atoms with Gasteiger partial charge in [-0.05, 0) is 26.0 Å². The van der Waals surface area contributed by atoms with E-state index in [4.69, 9.17) is 39.2 Å². The van der Waals surface area contributed by atoms with Crippen LogP contribution in [-0.4, -0.2) is 62.2 Å². The van der Waals surface area contributed by atoms with Crippen molar-refractivity contribution in [3.05, 3.63) is 52.7 Å². The fourth-order valence-electron chi connectivity index (χ4n) is 4.20. The van der Waals surface area contributed by atoms with Crippen LogP contribution in [0.25, 0.3) is 11.0 Å². The van der Waals surface area contributed by atoms with Gasteiger partial charge < -0.3 is 30.6 Å². The van der Waals surface area contributed by atoms with Gasteiger partial charge in [-0.15, -0.1) is 6.42 Å². The Morgan fingerprint density at radius 3 is 2.73 bits per heavy atom. The minimum Gasteiger partial charge on any atom is -0.463 e. The van der Waals surface area contributed by atoms with Crippen molar-refractivity contribution in [1.82, 2.24) is 14.5 Å². The molecule has 6 N–H and O–H groups in total. The number of nitrogens with two attached hydrogens (primary N) is 2. The Kier molecular flexibility index (Phi) is 7.79. The van der Waals surface area contributed by atoms with Crippen LogP contribution in [0.4, 0.5) is 10.3 Å². The van der Waals surface area contributed by atoms with Crippen molar-refractivity contribution < 1.29 is 40.1 Å². The molecule has 1 unspecified atom stereocenters. The highest BCUT2D eigenvalue weighted by atomic mass is 31.2. The van der Waals surface area contributed by atoms with Crippen LogP contribution < -0.4 is 21.6 Å². The largest absolute Gasteiger partial charge is 0.463 e. The lowest BCUT2D eigenvalue weighted by atomic mass is 9.92. The van der Waals surface area contributed by atoms with E-state index in [-0.39, 0.29) is 17.3 Å². The molecule has 3 aromatic rings. The summed E-state index contributed by atoms with van der Waals surface area (Å²) in [4.78, 5) is 30.9. The number of nitrogens with one attached hydrogen (secondary N) is 1. The third kappa shape index (κ3) is 6.14. The van der Waals surface area contributed by atoms with E-state index in [9.17, 15) is 23.7 Å². The number of aromatic amines is 1. The monoisotopic (exact) mass is 593 g/mol. The number of aromatic nitrogens is 3. The fourth-order valence-corrected chi connectivity index (χ4v) is 5.91. The minimum absolute atomic E-state index is 0.0387. The van der Waals surface area contributed by atoms with E-state index in [0.717, 1.165) is 10.8 Å². The number of H-pyrrole nitrogens is 1. The number of aliphatic hydroxyl groups is 1. The first-order valence-corrected chi connectivity index (χ1v) is 14.1. The van der Waals surface area contributed by atoms with Gasteiger partial charge in [0, 0.05) is 6.20 Å². The Hall–Kier alpha value is -3.73. The third-order valence-electron chi connectivity index (χ3n) is 6.16. The summed E-state index contributed by atoms with van der Waals surface area (Å²) in [5, 5.41) is 10.7. The van der Waals surface area contributed by atoms with E-state index in [1.165, 1.54) is 19.1 Å². The zero-order valence-electron chi connectivity index (χ0n) is 24.3. The number of rotatable bonds is 10. The molecule has 41 heavy (non-hydrogen) atoms. The summed E-state index contributed by atoms with van der Waals surface area (Å²) in [6, 6.07) is 7.68. The van der Waals surface area contributed by atoms with Crippen LogP contribution in [-0.2, 0) is 23.4 Å². The van der Waals surface area contributed by atoms with E-state index in [0.29, 0.717) is 0 Å². The average molecular weight is 594 g/mol. The predicted octanol–water partition coefficient (Wildman–Crippen LogP) is 1.91. The molecule has 0 spiro atoms. The number of benzene rings is 1. The summed E-state index contributed by atoms with van der Waals surface area (Å²) in [5.41, 5.74) is 8.42. The first kappa shape index (κ1) is 27.4. The number of fused-ring (bicyclic) bond motifs is 1. The van der Waals surface area contributed by atoms with Crippen LogP contribution in [0.1, 0.15) is 29.7 Å². The zero-order valence-corrected chi connectivity index (χ0v) is 23.2. The first-order chi connectivity index (χ1) is 20.0. The number of halogens is 1. The lowest BCUT2D eigenvalue weighted by molar-refractivity contribution is -0.151. The van der Waals surface area contributed by atoms with Crippen molar-refractivity contribution in [2.75, 3.05) is 18.5 Å². The number of terminal acetylenes is 1. The molecule has 1 aliphatic rings. The molecule has 220 valence electrons. The Morgan fingerprint density at radius 1 is 1.41 bits per heavy atom. The van der Waals surface area contributed by atoms with Crippen molar-refractivity contribution in [3.8, 4) is 18.1 Å². The number of nitrogen functional groups attached to an aromatic ring is 1. The average Bonchev–Trinajstić information content (AvgIpc) is 3.37. The van der Waals surface area contributed by atoms with Crippen molar-refractivity contribution in [3.63, 3.8) is 0 Å². The number of carbonyl (C=O) groups is 1. The van der Waals surface area contributed by atoms with Crippen LogP contribution in [0, 0.1) is 24.1 Å². The van der Waals surface area contributed by atoms with Gasteiger partial charge in [0.2, 0.25) is 5.95 Å². The van der Waals surface area contributed by atoms with Crippen molar-refractivity contribution >= 4 is 30.5 Å². The fraction of sp³-hybridized carbons (Fsp3) is 0.423. The second kappa shape index (κ2) is 11.6. The second-order valence-electron chi connectivity index (χ2n) is 9.76. The molecule has 2 aromatic heterocycles. The van der Waals surface area contributed by atoms with Gasteiger partial charge in [0.05, 0.1) is 27.5 Å². The molecule has 1 aliphatic heterocycles. The van der Waals surface area contributed by atoms with Gasteiger partial charge >= 0.3 is 13.6 Å². The summed E-state index contributed by atoms with van der Waals surface area (Å²) in [6.07, 6.45) is -0.495. The Morgan fingerprint density at radius 2 is 2.10 bits per heavy atom. The molecule has 1 saturated heterocycles. The van der Waals surface area contributed by atoms with E-state index in [1.54, 1.807) is 32.0 Å². The predicted molar refractivity (Wildman–Crippen MR) is 146 cm³/mol. The Bertz CT molecular complexity index is 1660. The van der Waals surface area contributed by atoms with Crippen molar-refractivity contribution in [2.45, 2.75) is 50.8 Å². The maximum atomic E-state index is 14.8. The van der Waals surface area contributed by atoms with Gasteiger partial charge in [0.25, 0.3) is 5.56 Å². The van der Waals surface area contributed by atoms with Crippen LogP contribution in [0.2, 0.25) is 0 Å². The lowest BCUT2D eigenvalue weighted by Crippen LogP contribution is -2.53. The van der Waals surface area contributed by atoms with E-state index in [1.807, 2.05) is 0 Å². The number of anilines is 1. The Balaban J connectivity index is 1.71. The number of hydrogen-bond donors (Lipinski definition) is 4. The van der Waals surface area contributed by atoms with Crippen LogP contribution >= 0.6 is 7.60 Å². The summed E-state index contributed by atoms with van der Waals surface area (Å²) in [6.45, 7) is 1.50. The third-order valence-corrected chi connectivity index (χ3v) is 8.03. The molecule has 13 nitrogen and oxygen atoms in total. The molecule has 3 heterocycles. The van der Waals surface area contributed by atoms with Gasteiger partial charge in [-0.3, -0.25) is 23.7 Å². The highest BCUT2D eigenvalue weighted by Gasteiger charge is 2.55. The first-order valence-electron chi connectivity index (χ1n) is 13.4. The molecule has 15 heteroatoms. The van der Waals surface area contributed by atoms with E-state index in [2.05, 4.69) is 15.9 Å². The zero-order chi connectivity index (χ0) is 31.9. The summed E-state index contributed by atoms with van der Waals surface area (Å²) in [5.74, 6) is -1.05. The van der Waals surface area contributed by atoms with Crippen molar-refractivity contribution in [1.29, 1.82) is 0 Å². The molecule has 0 saturated carbocycles. The second-order valence-corrected chi connectivity index (χ2v) is 11.7. The van der Waals surface area contributed by atoms with Gasteiger partial charge in [0.1, 0.15) is 23.3 Å². The molecule has 0 bridgehead atoms. The molecule has 0 aliphatic carbocycles. The van der Waals surface area contributed by atoms with E-state index >= 15 is 0 Å². The molecule has 0 radical (unpaired) electrons. The molecule has 1 aromatic carbocycles. The number of aliphatic hydroxyl groups excluding tert-OH is 1. The number of ether oxygens (including phenoxy) is 2. The SMILES string of the molecule is [2H]C([2H])(O[P@@](=O)(C[C@@H](C)C(=O)OC(C)C)Oc1ccccc1)[C@H]1O[C@@H](n2cc(F)c3c(=O)[nH]c(N)nc32)C(N)(C#C)[C@H]1O. The molecule has 4 rings (SSSR count). The standard InChI is InChI=1S/C26H31FN5O8P/c1-5-26(29)20(33)18(39-24(26)32-11-17(27)19-21(32)30-25(28)31-22(19)34)12-37-41(36,40-16-9-7-6-8-10-16)13-15(4)23(35)38-14(2)3/h1,6-11,14-15,18,20,24,33H,12-13,29H2,2-4H3,(H3,28,30,31,34)/t15-,18-,20+,24-,26?,41+/m1/s1/i12D2. The highest BCUT2D eigenvalue weighted by Crippen LogP contribution is 2.51. The van der Waals surface area contributed by atoms with Gasteiger partial charge in [-0.2, -0.15) is 4.98 Å². The number of hydrogen-bond acceptors (Lipinski definition) is 11. The Labute approximate surface area is 237 Å². The smallest absolute Gasteiger partial charge is 0.380 e. The van der Waals surface area contributed by atoms with Gasteiger partial charge in [-0.1, -0.05) is 31.0 Å². The highest BCUT2D eigenvalue weighted by molar-refractivity contribution is 7.54. The summed E-state index contributed by atoms with van der Waals surface area (Å²) in [7, 11) is -4.59. The molecule has 6 atom stereocenters. The quantitative estimate of drug-likeness (QED) is 0.152. The van der Waals surface area contributed by atoms with Crippen LogP contribution in [0.5, 0.6) is 5.75 Å². The maximum absolute atomic E-state index is 14.8. The van der Waals surface area contributed by atoms with Crippen molar-refractivity contribution in [2.24, 2.45) is 11.7 Å². The van der Waals surface area contributed by atoms with E-state index < -0.39 is 79.0 Å². The number of esters is 1. The van der Waals surface area contributed by atoms with Crippen LogP contribution in [0.3, 0.4) is 0 Å². The minimum atomic E-state index is -4.59. The normalized spacial score (nSPS) is 25.7. The molecule has 1 fully saturated rings. The summed E-state index contributed by atoms with van der Waals surface area (Å²) < 4.78 is 69.1. The number of para-hydroxylation sites is 1.